The van der Waals surface area contributed by atoms with E-state index in [-0.39, 0.29) is 18.6 Å². The van der Waals surface area contributed by atoms with E-state index in [4.69, 9.17) is 14.2 Å². The Balaban J connectivity index is 1.20. The predicted octanol–water partition coefficient (Wildman–Crippen LogP) is 2.11. The summed E-state index contributed by atoms with van der Waals surface area (Å²) in [5, 5.41) is 10.8. The Morgan fingerprint density at radius 2 is 1.97 bits per heavy atom. The van der Waals surface area contributed by atoms with E-state index < -0.39 is 6.10 Å². The zero-order valence-corrected chi connectivity index (χ0v) is 18.2. The number of rotatable bonds is 6. The second kappa shape index (κ2) is 9.48. The van der Waals surface area contributed by atoms with Gasteiger partial charge in [0, 0.05) is 38.7 Å². The van der Waals surface area contributed by atoms with Crippen molar-refractivity contribution in [3.05, 3.63) is 59.2 Å². The molecule has 170 valence electrons. The Morgan fingerprint density at radius 3 is 2.81 bits per heavy atom. The van der Waals surface area contributed by atoms with Crippen LogP contribution in [0, 0.1) is 0 Å². The van der Waals surface area contributed by atoms with Crippen LogP contribution < -0.4 is 9.47 Å². The summed E-state index contributed by atoms with van der Waals surface area (Å²) in [6.07, 6.45) is 1.29. The van der Waals surface area contributed by atoms with Crippen molar-refractivity contribution in [2.75, 3.05) is 46.0 Å². The van der Waals surface area contributed by atoms with Crippen molar-refractivity contribution in [1.29, 1.82) is 0 Å². The molecule has 3 heterocycles. The normalized spacial score (nSPS) is 22.0. The molecule has 7 heteroatoms. The molecule has 1 N–H and O–H groups in total. The Hall–Kier alpha value is -2.61. The molecule has 3 aliphatic rings. The molecule has 2 aromatic rings. The van der Waals surface area contributed by atoms with Gasteiger partial charge in [-0.3, -0.25) is 9.69 Å². The maximum Gasteiger partial charge on any atom is 0.257 e. The third-order valence-electron chi connectivity index (χ3n) is 6.39. The van der Waals surface area contributed by atoms with Gasteiger partial charge in [-0.15, -0.1) is 0 Å². The van der Waals surface area contributed by atoms with E-state index >= 15 is 0 Å². The Kier molecular flexibility index (Phi) is 6.30. The summed E-state index contributed by atoms with van der Waals surface area (Å²) in [6, 6.07) is 13.8. The number of fused-ring (bicyclic) bond motifs is 2. The molecule has 0 bridgehead atoms. The first kappa shape index (κ1) is 21.2. The van der Waals surface area contributed by atoms with Crippen LogP contribution >= 0.6 is 0 Å². The number of carbonyl (C=O) groups is 1. The van der Waals surface area contributed by atoms with E-state index in [1.54, 1.807) is 17.0 Å². The van der Waals surface area contributed by atoms with Crippen molar-refractivity contribution >= 4 is 5.91 Å². The molecule has 1 unspecified atom stereocenters. The first-order chi connectivity index (χ1) is 15.7. The fourth-order valence-corrected chi connectivity index (χ4v) is 4.70. The van der Waals surface area contributed by atoms with Crippen molar-refractivity contribution in [1.82, 2.24) is 9.80 Å². The molecule has 1 saturated heterocycles. The molecule has 1 amide bonds. The number of nitrogens with zero attached hydrogens (tertiary/aromatic N) is 2. The third kappa shape index (κ3) is 4.75. The first-order valence-electron chi connectivity index (χ1n) is 11.4. The molecule has 0 aromatic heterocycles. The molecule has 2 atom stereocenters. The molecular formula is C25H30N2O5. The van der Waals surface area contributed by atoms with E-state index in [0.717, 1.165) is 25.9 Å². The zero-order valence-electron chi connectivity index (χ0n) is 18.2. The molecule has 0 saturated carbocycles. The number of amides is 1. The van der Waals surface area contributed by atoms with E-state index in [2.05, 4.69) is 29.2 Å². The second-order valence-electron chi connectivity index (χ2n) is 8.77. The average molecular weight is 439 g/mol. The number of carbonyl (C=O) groups excluding carboxylic acids is 1. The van der Waals surface area contributed by atoms with Gasteiger partial charge in [-0.25, -0.2) is 0 Å². The molecule has 2 aromatic carbocycles. The van der Waals surface area contributed by atoms with Crippen molar-refractivity contribution in [2.45, 2.75) is 31.6 Å². The van der Waals surface area contributed by atoms with Crippen LogP contribution in [-0.4, -0.2) is 79.0 Å². The van der Waals surface area contributed by atoms with Gasteiger partial charge in [-0.05, 0) is 29.7 Å². The van der Waals surface area contributed by atoms with Gasteiger partial charge >= 0.3 is 0 Å². The first-order valence-corrected chi connectivity index (χ1v) is 11.4. The van der Waals surface area contributed by atoms with E-state index in [1.165, 1.54) is 11.1 Å². The number of β-amino-alcohol motifs (C(OH)–C–C–N with tert-alkyl or cyclic N) is 1. The van der Waals surface area contributed by atoms with Crippen molar-refractivity contribution in [3.8, 4) is 11.5 Å². The quantitative estimate of drug-likeness (QED) is 0.745. The zero-order chi connectivity index (χ0) is 21.9. The Bertz CT molecular complexity index is 959. The molecule has 0 radical (unpaired) electrons. The highest BCUT2D eigenvalue weighted by Crippen LogP contribution is 2.29. The summed E-state index contributed by atoms with van der Waals surface area (Å²) in [5.41, 5.74) is 3.22. The highest BCUT2D eigenvalue weighted by Gasteiger charge is 2.27. The highest BCUT2D eigenvalue weighted by molar-refractivity contribution is 5.97. The third-order valence-corrected chi connectivity index (χ3v) is 6.39. The fourth-order valence-electron chi connectivity index (χ4n) is 4.70. The van der Waals surface area contributed by atoms with E-state index in [1.807, 2.05) is 6.07 Å². The number of benzene rings is 2. The van der Waals surface area contributed by atoms with Crippen molar-refractivity contribution < 1.29 is 24.1 Å². The SMILES string of the molecule is O=C1c2ccc(O[C@@H]3CCOC3)cc2OCCN1CC(O)CN1CCc2ccccc2C1. The number of aliphatic hydroxyl groups excluding tert-OH is 1. The lowest BCUT2D eigenvalue weighted by atomic mass is 10.00. The lowest BCUT2D eigenvalue weighted by Crippen LogP contribution is -2.44. The highest BCUT2D eigenvalue weighted by atomic mass is 16.5. The van der Waals surface area contributed by atoms with E-state index in [0.29, 0.717) is 50.0 Å². The summed E-state index contributed by atoms with van der Waals surface area (Å²) in [4.78, 5) is 17.1. The lowest BCUT2D eigenvalue weighted by molar-refractivity contribution is 0.0501. The van der Waals surface area contributed by atoms with E-state index in [9.17, 15) is 9.90 Å². The molecule has 0 spiro atoms. The minimum Gasteiger partial charge on any atom is -0.491 e. The maximum atomic E-state index is 13.1. The lowest BCUT2D eigenvalue weighted by Gasteiger charge is -2.32. The average Bonchev–Trinajstić information content (AvgIpc) is 3.26. The van der Waals surface area contributed by atoms with Crippen molar-refractivity contribution in [2.24, 2.45) is 0 Å². The number of hydrogen-bond acceptors (Lipinski definition) is 6. The van der Waals surface area contributed by atoms with Crippen LogP contribution in [0.3, 0.4) is 0 Å². The van der Waals surface area contributed by atoms with Gasteiger partial charge in [0.15, 0.2) is 0 Å². The molecular weight excluding hydrogens is 408 g/mol. The molecule has 1 fully saturated rings. The van der Waals surface area contributed by atoms with Gasteiger partial charge in [0.1, 0.15) is 24.2 Å². The smallest absolute Gasteiger partial charge is 0.257 e. The van der Waals surface area contributed by atoms with Gasteiger partial charge in [-0.2, -0.15) is 0 Å². The van der Waals surface area contributed by atoms with Gasteiger partial charge in [0.25, 0.3) is 5.91 Å². The topological polar surface area (TPSA) is 71.5 Å². The maximum absolute atomic E-state index is 13.1. The van der Waals surface area contributed by atoms with Gasteiger partial charge in [0.05, 0.1) is 31.4 Å². The number of ether oxygens (including phenoxy) is 3. The minimum absolute atomic E-state index is 0.0444. The Labute approximate surface area is 188 Å². The monoisotopic (exact) mass is 438 g/mol. The molecule has 3 aliphatic heterocycles. The number of hydrogen-bond donors (Lipinski definition) is 1. The van der Waals surface area contributed by atoms with Crippen molar-refractivity contribution in [3.63, 3.8) is 0 Å². The van der Waals surface area contributed by atoms with Gasteiger partial charge in [-0.1, -0.05) is 24.3 Å². The van der Waals surface area contributed by atoms with Crippen LogP contribution in [0.25, 0.3) is 0 Å². The summed E-state index contributed by atoms with van der Waals surface area (Å²) in [5.74, 6) is 1.11. The molecule has 0 aliphatic carbocycles. The predicted molar refractivity (Wildman–Crippen MR) is 119 cm³/mol. The summed E-state index contributed by atoms with van der Waals surface area (Å²) in [6.45, 7) is 4.72. The molecule has 5 rings (SSSR count). The van der Waals surface area contributed by atoms with Crippen LogP contribution in [-0.2, 0) is 17.7 Å². The van der Waals surface area contributed by atoms with Gasteiger partial charge in [0.2, 0.25) is 0 Å². The minimum atomic E-state index is -0.615. The summed E-state index contributed by atoms with van der Waals surface area (Å²) < 4.78 is 17.2. The van der Waals surface area contributed by atoms with Crippen LogP contribution in [0.5, 0.6) is 11.5 Å². The number of aliphatic hydroxyl groups is 1. The largest absolute Gasteiger partial charge is 0.491 e. The fraction of sp³-hybridized carbons (Fsp3) is 0.480. The van der Waals surface area contributed by atoms with Crippen LogP contribution in [0.15, 0.2) is 42.5 Å². The van der Waals surface area contributed by atoms with Crippen LogP contribution in [0.1, 0.15) is 27.9 Å². The summed E-state index contributed by atoms with van der Waals surface area (Å²) in [7, 11) is 0. The van der Waals surface area contributed by atoms with Crippen LogP contribution in [0.4, 0.5) is 0 Å². The standard InChI is InChI=1S/C25H30N2O5/c28-20(15-26-9-7-18-3-1-2-4-19(18)14-26)16-27-10-12-31-24-13-21(5-6-23(24)25(27)29)32-22-8-11-30-17-22/h1-6,13,20,22,28H,7-12,14-17H2/t20?,22-/m1/s1. The second-order valence-corrected chi connectivity index (χ2v) is 8.77. The van der Waals surface area contributed by atoms with Crippen LogP contribution in [0.2, 0.25) is 0 Å². The molecule has 32 heavy (non-hydrogen) atoms. The molecule has 7 nitrogen and oxygen atoms in total. The van der Waals surface area contributed by atoms with Gasteiger partial charge < -0.3 is 24.2 Å². The summed E-state index contributed by atoms with van der Waals surface area (Å²) >= 11 is 0. The Morgan fingerprint density at radius 1 is 1.09 bits per heavy atom.